The monoisotopic (exact) mass is 403 g/mol. The first kappa shape index (κ1) is 19.8. The molecule has 0 spiro atoms. The normalized spacial score (nSPS) is 18.0. The Morgan fingerprint density at radius 3 is 2.50 bits per heavy atom. The predicted octanol–water partition coefficient (Wildman–Crippen LogP) is 5.39. The molecule has 0 aromatic heterocycles. The summed E-state index contributed by atoms with van der Waals surface area (Å²) in [5, 5.41) is 27.3. The molecule has 28 heavy (non-hydrogen) atoms. The number of nitro groups is 2. The fourth-order valence-electron chi connectivity index (χ4n) is 3.31. The minimum Gasteiger partial charge on any atom is -0.391 e. The summed E-state index contributed by atoms with van der Waals surface area (Å²) < 4.78 is 0. The van der Waals surface area contributed by atoms with Gasteiger partial charge in [0.05, 0.1) is 21.6 Å². The molecule has 1 aliphatic rings. The molecule has 0 N–H and O–H groups in total. The summed E-state index contributed by atoms with van der Waals surface area (Å²) in [6.45, 7) is 0.260. The van der Waals surface area contributed by atoms with Crippen LogP contribution in [-0.2, 0) is 11.4 Å². The summed E-state index contributed by atoms with van der Waals surface area (Å²) in [6, 6.07) is 11.0. The SMILES string of the molecule is O=[N+]([O-])c1ccc([C@@H]2CCCC/C2=N/OCc2ccc(Cl)cc2)c([N+](=O)[O-])c1. The Balaban J connectivity index is 1.83. The molecule has 0 unspecified atom stereocenters. The van der Waals surface area contributed by atoms with Gasteiger partial charge in [-0.25, -0.2) is 0 Å². The van der Waals surface area contributed by atoms with Gasteiger partial charge in [0.2, 0.25) is 0 Å². The molecule has 1 fully saturated rings. The summed E-state index contributed by atoms with van der Waals surface area (Å²) in [5.41, 5.74) is 1.50. The van der Waals surface area contributed by atoms with E-state index in [2.05, 4.69) is 5.16 Å². The maximum Gasteiger partial charge on any atom is 0.280 e. The quantitative estimate of drug-likeness (QED) is 0.474. The topological polar surface area (TPSA) is 108 Å². The van der Waals surface area contributed by atoms with Crippen molar-refractivity contribution in [3.05, 3.63) is 78.8 Å². The van der Waals surface area contributed by atoms with Crippen LogP contribution in [0.2, 0.25) is 5.02 Å². The fraction of sp³-hybridized carbons (Fsp3) is 0.316. The van der Waals surface area contributed by atoms with Crippen LogP contribution in [0.15, 0.2) is 47.6 Å². The van der Waals surface area contributed by atoms with Crippen molar-refractivity contribution in [2.45, 2.75) is 38.2 Å². The zero-order valence-corrected chi connectivity index (χ0v) is 15.7. The molecule has 2 aromatic rings. The summed E-state index contributed by atoms with van der Waals surface area (Å²) in [6.07, 6.45) is 3.16. The third-order valence-corrected chi connectivity index (χ3v) is 4.95. The molecule has 8 nitrogen and oxygen atoms in total. The maximum absolute atomic E-state index is 11.5. The van der Waals surface area contributed by atoms with E-state index in [0.29, 0.717) is 23.4 Å². The van der Waals surface area contributed by atoms with Crippen LogP contribution >= 0.6 is 11.6 Å². The molecule has 9 heteroatoms. The average Bonchev–Trinajstić information content (AvgIpc) is 2.69. The van der Waals surface area contributed by atoms with Gasteiger partial charge in [-0.15, -0.1) is 0 Å². The van der Waals surface area contributed by atoms with E-state index in [1.54, 1.807) is 12.1 Å². The van der Waals surface area contributed by atoms with Gasteiger partial charge in [0.15, 0.2) is 0 Å². The fourth-order valence-corrected chi connectivity index (χ4v) is 3.43. The molecule has 1 saturated carbocycles. The van der Waals surface area contributed by atoms with Gasteiger partial charge in [0, 0.05) is 22.6 Å². The molecule has 0 amide bonds. The summed E-state index contributed by atoms with van der Waals surface area (Å²) in [5.74, 6) is -0.292. The minimum atomic E-state index is -0.637. The second-order valence-corrected chi connectivity index (χ2v) is 6.97. The Bertz CT molecular complexity index is 914. The Kier molecular flexibility index (Phi) is 6.20. The maximum atomic E-state index is 11.5. The number of nitrogens with zero attached hydrogens (tertiary/aromatic N) is 3. The number of hydrogen-bond donors (Lipinski definition) is 0. The second-order valence-electron chi connectivity index (χ2n) is 6.54. The van der Waals surface area contributed by atoms with Crippen molar-refractivity contribution in [2.24, 2.45) is 5.16 Å². The van der Waals surface area contributed by atoms with Crippen molar-refractivity contribution in [2.75, 3.05) is 0 Å². The van der Waals surface area contributed by atoms with Crippen molar-refractivity contribution >= 4 is 28.7 Å². The first-order valence-corrected chi connectivity index (χ1v) is 9.19. The third-order valence-electron chi connectivity index (χ3n) is 4.70. The highest BCUT2D eigenvalue weighted by Gasteiger charge is 2.30. The van der Waals surface area contributed by atoms with Crippen LogP contribution in [0.3, 0.4) is 0 Å². The smallest absolute Gasteiger partial charge is 0.280 e. The summed E-state index contributed by atoms with van der Waals surface area (Å²) in [4.78, 5) is 26.7. The van der Waals surface area contributed by atoms with Crippen LogP contribution in [0, 0.1) is 20.2 Å². The zero-order valence-electron chi connectivity index (χ0n) is 14.9. The zero-order chi connectivity index (χ0) is 20.1. The second kappa shape index (κ2) is 8.79. The van der Waals surface area contributed by atoms with E-state index < -0.39 is 9.85 Å². The number of nitro benzene ring substituents is 2. The Hall–Kier alpha value is -3.00. The van der Waals surface area contributed by atoms with E-state index in [9.17, 15) is 20.2 Å². The van der Waals surface area contributed by atoms with Gasteiger partial charge in [-0.2, -0.15) is 0 Å². The standard InChI is InChI=1S/C19H18ClN3O5/c20-14-7-5-13(6-8-14)12-28-21-18-4-2-1-3-16(18)17-10-9-15(22(24)25)11-19(17)23(26)27/h5-11,16H,1-4,12H2/b21-18-/t16-/m0/s1. The van der Waals surface area contributed by atoms with Crippen LogP contribution in [0.25, 0.3) is 0 Å². The van der Waals surface area contributed by atoms with Gasteiger partial charge in [-0.3, -0.25) is 20.2 Å². The largest absolute Gasteiger partial charge is 0.391 e. The Morgan fingerprint density at radius 1 is 1.07 bits per heavy atom. The highest BCUT2D eigenvalue weighted by atomic mass is 35.5. The van der Waals surface area contributed by atoms with Crippen LogP contribution in [0.4, 0.5) is 11.4 Å². The molecular formula is C19H18ClN3O5. The highest BCUT2D eigenvalue weighted by molar-refractivity contribution is 6.30. The van der Waals surface area contributed by atoms with Crippen molar-refractivity contribution in [3.8, 4) is 0 Å². The molecule has 2 aromatic carbocycles. The van der Waals surface area contributed by atoms with Gasteiger partial charge < -0.3 is 4.84 Å². The van der Waals surface area contributed by atoms with Crippen LogP contribution < -0.4 is 0 Å². The number of non-ortho nitro benzene ring substituents is 1. The van der Waals surface area contributed by atoms with E-state index >= 15 is 0 Å². The lowest BCUT2D eigenvalue weighted by Crippen LogP contribution is -2.19. The lowest BCUT2D eigenvalue weighted by molar-refractivity contribution is -0.394. The average molecular weight is 404 g/mol. The van der Waals surface area contributed by atoms with E-state index in [-0.39, 0.29) is 23.9 Å². The number of rotatable bonds is 6. The first-order chi connectivity index (χ1) is 13.5. The van der Waals surface area contributed by atoms with Gasteiger partial charge in [-0.1, -0.05) is 35.3 Å². The third kappa shape index (κ3) is 4.64. The summed E-state index contributed by atoms with van der Waals surface area (Å²) in [7, 11) is 0. The number of halogens is 1. The Labute approximate surface area is 166 Å². The van der Waals surface area contributed by atoms with E-state index in [4.69, 9.17) is 16.4 Å². The van der Waals surface area contributed by atoms with Crippen LogP contribution in [0.5, 0.6) is 0 Å². The van der Waals surface area contributed by atoms with Gasteiger partial charge in [0.1, 0.15) is 6.61 Å². The molecule has 0 bridgehead atoms. The van der Waals surface area contributed by atoms with Gasteiger partial charge in [-0.05, 0) is 43.0 Å². The Morgan fingerprint density at radius 2 is 1.82 bits per heavy atom. The van der Waals surface area contributed by atoms with Crippen molar-refractivity contribution in [3.63, 3.8) is 0 Å². The molecule has 0 heterocycles. The number of oxime groups is 1. The van der Waals surface area contributed by atoms with E-state index in [1.165, 1.54) is 12.1 Å². The van der Waals surface area contributed by atoms with Crippen LogP contribution in [-0.4, -0.2) is 15.6 Å². The highest BCUT2D eigenvalue weighted by Crippen LogP contribution is 2.37. The molecule has 0 radical (unpaired) electrons. The van der Waals surface area contributed by atoms with Gasteiger partial charge in [0.25, 0.3) is 11.4 Å². The molecule has 146 valence electrons. The van der Waals surface area contributed by atoms with E-state index in [0.717, 1.165) is 30.2 Å². The van der Waals surface area contributed by atoms with Crippen molar-refractivity contribution in [1.82, 2.24) is 0 Å². The number of benzene rings is 2. The van der Waals surface area contributed by atoms with Crippen molar-refractivity contribution < 1.29 is 14.7 Å². The lowest BCUT2D eigenvalue weighted by atomic mass is 9.81. The first-order valence-electron chi connectivity index (χ1n) is 8.81. The minimum absolute atomic E-state index is 0.258. The summed E-state index contributed by atoms with van der Waals surface area (Å²) >= 11 is 5.86. The molecule has 0 aliphatic heterocycles. The molecular weight excluding hydrogens is 386 g/mol. The lowest BCUT2D eigenvalue weighted by Gasteiger charge is -2.23. The predicted molar refractivity (Wildman–Crippen MR) is 105 cm³/mol. The number of hydrogen-bond acceptors (Lipinski definition) is 6. The van der Waals surface area contributed by atoms with Gasteiger partial charge >= 0.3 is 0 Å². The molecule has 1 aliphatic carbocycles. The van der Waals surface area contributed by atoms with E-state index in [1.807, 2.05) is 12.1 Å². The van der Waals surface area contributed by atoms with Crippen molar-refractivity contribution in [1.29, 1.82) is 0 Å². The van der Waals surface area contributed by atoms with Crippen LogP contribution in [0.1, 0.15) is 42.7 Å². The molecule has 1 atom stereocenters. The molecule has 3 rings (SSSR count). The molecule has 0 saturated heterocycles.